The van der Waals surface area contributed by atoms with Crippen LogP contribution in [0.25, 0.3) is 0 Å². The van der Waals surface area contributed by atoms with Gasteiger partial charge in [-0.1, -0.05) is 11.6 Å². The Bertz CT molecular complexity index is 376. The van der Waals surface area contributed by atoms with Gasteiger partial charge in [0.1, 0.15) is 0 Å². The summed E-state index contributed by atoms with van der Waals surface area (Å²) in [6.07, 6.45) is 2.54. The van der Waals surface area contributed by atoms with Crippen LogP contribution >= 0.6 is 23.2 Å². The standard InChI is InChI=1S/C13H17Cl2NO/c1-17-12-4-6-16(7-5-12)13-3-2-11(15)8-10(13)9-14/h2-3,8,12H,4-7,9H2,1H3. The molecule has 2 rings (SSSR count). The highest BCUT2D eigenvalue weighted by Gasteiger charge is 2.20. The van der Waals surface area contributed by atoms with Crippen molar-refractivity contribution >= 4 is 28.9 Å². The quantitative estimate of drug-likeness (QED) is 0.779. The van der Waals surface area contributed by atoms with E-state index in [1.165, 1.54) is 5.69 Å². The van der Waals surface area contributed by atoms with Gasteiger partial charge in [0.15, 0.2) is 0 Å². The maximum Gasteiger partial charge on any atom is 0.0605 e. The highest BCUT2D eigenvalue weighted by atomic mass is 35.5. The lowest BCUT2D eigenvalue weighted by Gasteiger charge is -2.34. The van der Waals surface area contributed by atoms with Crippen molar-refractivity contribution < 1.29 is 4.74 Å². The summed E-state index contributed by atoms with van der Waals surface area (Å²) in [4.78, 5) is 2.36. The second-order valence-electron chi connectivity index (χ2n) is 4.33. The highest BCUT2D eigenvalue weighted by Crippen LogP contribution is 2.28. The third-order valence-electron chi connectivity index (χ3n) is 3.30. The summed E-state index contributed by atoms with van der Waals surface area (Å²) in [5.41, 5.74) is 2.31. The molecule has 0 N–H and O–H groups in total. The molecular formula is C13H17Cl2NO. The fourth-order valence-electron chi connectivity index (χ4n) is 2.30. The van der Waals surface area contributed by atoms with Gasteiger partial charge in [-0.15, -0.1) is 11.6 Å². The molecule has 4 heteroatoms. The summed E-state index contributed by atoms with van der Waals surface area (Å²) in [6.45, 7) is 2.04. The van der Waals surface area contributed by atoms with Gasteiger partial charge in [0.05, 0.1) is 6.10 Å². The zero-order chi connectivity index (χ0) is 12.3. The first-order valence-electron chi connectivity index (χ1n) is 5.86. The minimum atomic E-state index is 0.401. The largest absolute Gasteiger partial charge is 0.381 e. The first-order chi connectivity index (χ1) is 8.24. The highest BCUT2D eigenvalue weighted by molar-refractivity contribution is 6.30. The van der Waals surface area contributed by atoms with Crippen molar-refractivity contribution in [2.45, 2.75) is 24.8 Å². The number of ether oxygens (including phenoxy) is 1. The Balaban J connectivity index is 2.12. The SMILES string of the molecule is COC1CCN(c2ccc(Cl)cc2CCl)CC1. The minimum absolute atomic E-state index is 0.401. The van der Waals surface area contributed by atoms with Gasteiger partial charge >= 0.3 is 0 Å². The van der Waals surface area contributed by atoms with E-state index in [2.05, 4.69) is 11.0 Å². The number of anilines is 1. The Morgan fingerprint density at radius 2 is 2.06 bits per heavy atom. The van der Waals surface area contributed by atoms with Crippen molar-refractivity contribution in [1.82, 2.24) is 0 Å². The topological polar surface area (TPSA) is 12.5 Å². The molecule has 94 valence electrons. The minimum Gasteiger partial charge on any atom is -0.381 e. The number of hydrogen-bond acceptors (Lipinski definition) is 2. The molecule has 0 unspecified atom stereocenters. The lowest BCUT2D eigenvalue weighted by molar-refractivity contribution is 0.0819. The summed E-state index contributed by atoms with van der Waals surface area (Å²) in [6, 6.07) is 5.94. The first kappa shape index (κ1) is 13.0. The summed E-state index contributed by atoms with van der Waals surface area (Å²) < 4.78 is 5.38. The van der Waals surface area contributed by atoms with Crippen molar-refractivity contribution in [3.8, 4) is 0 Å². The smallest absolute Gasteiger partial charge is 0.0605 e. The molecule has 17 heavy (non-hydrogen) atoms. The van der Waals surface area contributed by atoms with Gasteiger partial charge in [0.25, 0.3) is 0 Å². The Kier molecular flexibility index (Phi) is 4.55. The fraction of sp³-hybridized carbons (Fsp3) is 0.538. The fourth-order valence-corrected chi connectivity index (χ4v) is 2.71. The second kappa shape index (κ2) is 5.94. The number of piperidine rings is 1. The van der Waals surface area contributed by atoms with Crippen LogP contribution in [0, 0.1) is 0 Å². The molecule has 0 radical (unpaired) electrons. The van der Waals surface area contributed by atoms with Crippen molar-refractivity contribution in [3.63, 3.8) is 0 Å². The van der Waals surface area contributed by atoms with Crippen LogP contribution in [0.4, 0.5) is 5.69 Å². The van der Waals surface area contributed by atoms with E-state index in [0.29, 0.717) is 12.0 Å². The number of hydrogen-bond donors (Lipinski definition) is 0. The monoisotopic (exact) mass is 273 g/mol. The third-order valence-corrected chi connectivity index (χ3v) is 3.82. The molecular weight excluding hydrogens is 257 g/mol. The predicted molar refractivity (Wildman–Crippen MR) is 73.3 cm³/mol. The molecule has 0 saturated carbocycles. The molecule has 1 aliphatic rings. The molecule has 0 bridgehead atoms. The average molecular weight is 274 g/mol. The number of halogens is 2. The van der Waals surface area contributed by atoms with E-state index in [4.69, 9.17) is 27.9 Å². The third kappa shape index (κ3) is 3.06. The second-order valence-corrected chi connectivity index (χ2v) is 5.03. The van der Waals surface area contributed by atoms with Crippen LogP contribution in [-0.4, -0.2) is 26.3 Å². The van der Waals surface area contributed by atoms with E-state index in [1.807, 2.05) is 12.1 Å². The maximum atomic E-state index is 5.98. The Morgan fingerprint density at radius 3 is 2.65 bits per heavy atom. The lowest BCUT2D eigenvalue weighted by Crippen LogP contribution is -2.37. The zero-order valence-electron chi connectivity index (χ0n) is 9.96. The van der Waals surface area contributed by atoms with E-state index in [0.717, 1.165) is 36.5 Å². The normalized spacial score (nSPS) is 17.5. The van der Waals surface area contributed by atoms with E-state index in [1.54, 1.807) is 7.11 Å². The van der Waals surface area contributed by atoms with Gasteiger partial charge in [-0.3, -0.25) is 0 Å². The van der Waals surface area contributed by atoms with Crippen molar-refractivity contribution in [2.24, 2.45) is 0 Å². The molecule has 0 aliphatic carbocycles. The van der Waals surface area contributed by atoms with Gasteiger partial charge in [-0.05, 0) is 36.6 Å². The van der Waals surface area contributed by atoms with E-state index in [-0.39, 0.29) is 0 Å². The van der Waals surface area contributed by atoms with Gasteiger partial charge < -0.3 is 9.64 Å². The molecule has 1 fully saturated rings. The molecule has 1 aromatic carbocycles. The van der Waals surface area contributed by atoms with E-state index >= 15 is 0 Å². The summed E-state index contributed by atoms with van der Waals surface area (Å²) >= 11 is 12.0. The van der Waals surface area contributed by atoms with Gasteiger partial charge in [-0.2, -0.15) is 0 Å². The Labute approximate surface area is 112 Å². The average Bonchev–Trinajstić information content (AvgIpc) is 2.39. The van der Waals surface area contributed by atoms with Crippen LogP contribution in [0.5, 0.6) is 0 Å². The summed E-state index contributed by atoms with van der Waals surface area (Å²) in [5.74, 6) is 0.500. The van der Waals surface area contributed by atoms with Crippen molar-refractivity contribution in [1.29, 1.82) is 0 Å². The van der Waals surface area contributed by atoms with Crippen molar-refractivity contribution in [2.75, 3.05) is 25.1 Å². The molecule has 0 atom stereocenters. The van der Waals surface area contributed by atoms with Crippen LogP contribution in [0.2, 0.25) is 5.02 Å². The maximum absolute atomic E-state index is 5.98. The molecule has 1 aliphatic heterocycles. The van der Waals surface area contributed by atoms with Gasteiger partial charge in [0.2, 0.25) is 0 Å². The molecule has 1 aromatic rings. The zero-order valence-corrected chi connectivity index (χ0v) is 11.5. The van der Waals surface area contributed by atoms with Crippen LogP contribution < -0.4 is 4.90 Å². The predicted octanol–water partition coefficient (Wildman–Crippen LogP) is 3.69. The number of alkyl halides is 1. The van der Waals surface area contributed by atoms with Gasteiger partial charge in [0, 0.05) is 36.8 Å². The first-order valence-corrected chi connectivity index (χ1v) is 6.78. The van der Waals surface area contributed by atoms with Crippen LogP contribution in [0.1, 0.15) is 18.4 Å². The molecule has 0 amide bonds. The molecule has 0 spiro atoms. The molecule has 2 nitrogen and oxygen atoms in total. The molecule has 0 aromatic heterocycles. The van der Waals surface area contributed by atoms with E-state index in [9.17, 15) is 0 Å². The number of rotatable bonds is 3. The Hall–Kier alpha value is -0.440. The van der Waals surface area contributed by atoms with Gasteiger partial charge in [-0.25, -0.2) is 0 Å². The Morgan fingerprint density at radius 1 is 1.35 bits per heavy atom. The molecule has 1 saturated heterocycles. The number of benzene rings is 1. The van der Waals surface area contributed by atoms with Crippen LogP contribution in [0.3, 0.4) is 0 Å². The number of nitrogens with zero attached hydrogens (tertiary/aromatic N) is 1. The number of methoxy groups -OCH3 is 1. The molecule has 1 heterocycles. The van der Waals surface area contributed by atoms with Crippen LogP contribution in [-0.2, 0) is 10.6 Å². The van der Waals surface area contributed by atoms with Crippen molar-refractivity contribution in [3.05, 3.63) is 28.8 Å². The lowest BCUT2D eigenvalue weighted by atomic mass is 10.1. The summed E-state index contributed by atoms with van der Waals surface area (Å²) in [5, 5.41) is 0.746. The summed E-state index contributed by atoms with van der Waals surface area (Å²) in [7, 11) is 1.78. The van der Waals surface area contributed by atoms with E-state index < -0.39 is 0 Å². The van der Waals surface area contributed by atoms with Crippen LogP contribution in [0.15, 0.2) is 18.2 Å².